The molecule has 0 atom stereocenters. The molecular formula is C20H15N3O7. The van der Waals surface area contributed by atoms with Gasteiger partial charge in [0.2, 0.25) is 0 Å². The van der Waals surface area contributed by atoms with Crippen molar-refractivity contribution in [3.05, 3.63) is 88.4 Å². The fourth-order valence-electron chi connectivity index (χ4n) is 2.43. The number of nitro groups is 1. The molecule has 1 heterocycles. The smallest absolute Gasteiger partial charge is 0.340 e. The number of para-hydroxylation sites is 1. The third-order valence-corrected chi connectivity index (χ3v) is 3.84. The maximum Gasteiger partial charge on any atom is 0.340 e. The number of carbonyl (C=O) groups is 3. The number of non-ortho nitro benzene ring substituents is 1. The van der Waals surface area contributed by atoms with Crippen LogP contribution < -0.4 is 10.6 Å². The lowest BCUT2D eigenvalue weighted by Crippen LogP contribution is -2.22. The summed E-state index contributed by atoms with van der Waals surface area (Å²) in [5.41, 5.74) is 0.445. The third kappa shape index (κ3) is 5.07. The molecule has 0 radical (unpaired) electrons. The molecule has 10 heteroatoms. The van der Waals surface area contributed by atoms with Crippen LogP contribution in [-0.2, 0) is 9.53 Å². The number of nitrogens with zero attached hydrogens (tertiary/aromatic N) is 1. The molecule has 3 rings (SSSR count). The van der Waals surface area contributed by atoms with Crippen molar-refractivity contribution in [3.63, 3.8) is 0 Å². The van der Waals surface area contributed by atoms with Crippen LogP contribution in [-0.4, -0.2) is 29.3 Å². The molecule has 0 saturated carbocycles. The van der Waals surface area contributed by atoms with E-state index in [9.17, 15) is 24.5 Å². The van der Waals surface area contributed by atoms with Crippen LogP contribution in [0, 0.1) is 10.1 Å². The molecule has 0 fully saturated rings. The summed E-state index contributed by atoms with van der Waals surface area (Å²) in [5.74, 6) is -1.92. The predicted octanol–water partition coefficient (Wildman–Crippen LogP) is 3.24. The molecule has 0 saturated heterocycles. The van der Waals surface area contributed by atoms with Gasteiger partial charge in [0.15, 0.2) is 12.4 Å². The maximum absolute atomic E-state index is 12.4. The zero-order chi connectivity index (χ0) is 21.5. The van der Waals surface area contributed by atoms with Crippen LogP contribution in [0.4, 0.5) is 17.1 Å². The number of benzene rings is 2. The molecule has 0 aliphatic rings. The van der Waals surface area contributed by atoms with Gasteiger partial charge in [-0.3, -0.25) is 19.7 Å². The molecule has 0 spiro atoms. The second kappa shape index (κ2) is 9.15. The number of nitro benzene ring substituents is 1. The zero-order valence-electron chi connectivity index (χ0n) is 15.4. The van der Waals surface area contributed by atoms with Gasteiger partial charge in [0.25, 0.3) is 17.5 Å². The molecule has 1 aromatic heterocycles. The summed E-state index contributed by atoms with van der Waals surface area (Å²) in [4.78, 5) is 46.5. The van der Waals surface area contributed by atoms with Crippen LogP contribution in [0.3, 0.4) is 0 Å². The molecule has 2 aromatic carbocycles. The van der Waals surface area contributed by atoms with E-state index < -0.39 is 29.3 Å². The lowest BCUT2D eigenvalue weighted by Gasteiger charge is -2.10. The van der Waals surface area contributed by atoms with Crippen LogP contribution in [0.1, 0.15) is 20.9 Å². The number of nitrogens with one attached hydrogen (secondary N) is 2. The van der Waals surface area contributed by atoms with E-state index in [1.54, 1.807) is 18.2 Å². The Kier molecular flexibility index (Phi) is 6.18. The average Bonchev–Trinajstić information content (AvgIpc) is 3.28. The van der Waals surface area contributed by atoms with Gasteiger partial charge in [0.1, 0.15) is 0 Å². The van der Waals surface area contributed by atoms with Crippen LogP contribution >= 0.6 is 0 Å². The lowest BCUT2D eigenvalue weighted by molar-refractivity contribution is -0.384. The highest BCUT2D eigenvalue weighted by Crippen LogP contribution is 2.18. The molecule has 0 aliphatic heterocycles. The Morgan fingerprint density at radius 1 is 0.967 bits per heavy atom. The van der Waals surface area contributed by atoms with E-state index in [2.05, 4.69) is 10.6 Å². The van der Waals surface area contributed by atoms with E-state index in [0.29, 0.717) is 5.69 Å². The zero-order valence-corrected chi connectivity index (χ0v) is 15.4. The third-order valence-electron chi connectivity index (χ3n) is 3.84. The number of furan rings is 1. The largest absolute Gasteiger partial charge is 0.459 e. The summed E-state index contributed by atoms with van der Waals surface area (Å²) < 4.78 is 10.0. The standard InChI is InChI=1S/C20H15N3O7/c24-18(21-13-7-9-14(10-8-13)23(27)28)12-30-20(26)15-4-1-2-5-16(15)22-19(25)17-6-3-11-29-17/h1-11H,12H2,(H,21,24)(H,22,25). The number of esters is 1. The van der Waals surface area contributed by atoms with Crippen LogP contribution in [0.25, 0.3) is 0 Å². The van der Waals surface area contributed by atoms with Crippen molar-refractivity contribution in [1.82, 2.24) is 0 Å². The highest BCUT2D eigenvalue weighted by Gasteiger charge is 2.17. The first kappa shape index (κ1) is 20.3. The van der Waals surface area contributed by atoms with E-state index in [1.807, 2.05) is 0 Å². The number of carbonyl (C=O) groups excluding carboxylic acids is 3. The molecular weight excluding hydrogens is 394 g/mol. The van der Waals surface area contributed by atoms with Gasteiger partial charge in [-0.15, -0.1) is 0 Å². The van der Waals surface area contributed by atoms with Crippen LogP contribution in [0.5, 0.6) is 0 Å². The number of hydrogen-bond acceptors (Lipinski definition) is 7. The molecule has 0 unspecified atom stereocenters. The van der Waals surface area contributed by atoms with E-state index in [4.69, 9.17) is 9.15 Å². The van der Waals surface area contributed by atoms with Crippen LogP contribution in [0.15, 0.2) is 71.3 Å². The van der Waals surface area contributed by atoms with Gasteiger partial charge >= 0.3 is 5.97 Å². The van der Waals surface area contributed by atoms with Gasteiger partial charge in [-0.2, -0.15) is 0 Å². The highest BCUT2D eigenvalue weighted by molar-refractivity contribution is 6.07. The molecule has 10 nitrogen and oxygen atoms in total. The summed E-state index contributed by atoms with van der Waals surface area (Å²) in [5, 5.41) is 15.6. The number of ether oxygens (including phenoxy) is 1. The minimum atomic E-state index is -0.816. The Labute approximate surface area is 169 Å². The molecule has 30 heavy (non-hydrogen) atoms. The van der Waals surface area contributed by atoms with Gasteiger partial charge in [0.05, 0.1) is 22.4 Å². The van der Waals surface area contributed by atoms with Gasteiger partial charge in [-0.05, 0) is 36.4 Å². The summed E-state index contributed by atoms with van der Waals surface area (Å²) in [6.07, 6.45) is 1.35. The Balaban J connectivity index is 1.58. The van der Waals surface area contributed by atoms with Crippen molar-refractivity contribution < 1.29 is 28.5 Å². The fraction of sp³-hybridized carbons (Fsp3) is 0.0500. The quantitative estimate of drug-likeness (QED) is 0.347. The van der Waals surface area contributed by atoms with Gasteiger partial charge < -0.3 is 19.8 Å². The Bertz CT molecular complexity index is 1080. The van der Waals surface area contributed by atoms with E-state index >= 15 is 0 Å². The summed E-state index contributed by atoms with van der Waals surface area (Å²) in [6.45, 7) is -0.587. The molecule has 2 N–H and O–H groups in total. The highest BCUT2D eigenvalue weighted by atomic mass is 16.6. The number of anilines is 2. The van der Waals surface area contributed by atoms with Gasteiger partial charge in [-0.1, -0.05) is 12.1 Å². The first-order valence-corrected chi connectivity index (χ1v) is 8.59. The van der Waals surface area contributed by atoms with E-state index in [-0.39, 0.29) is 22.7 Å². The normalized spacial score (nSPS) is 10.1. The van der Waals surface area contributed by atoms with Crippen molar-refractivity contribution in [1.29, 1.82) is 0 Å². The maximum atomic E-state index is 12.4. The fourth-order valence-corrected chi connectivity index (χ4v) is 2.43. The second-order valence-corrected chi connectivity index (χ2v) is 5.91. The monoisotopic (exact) mass is 409 g/mol. The van der Waals surface area contributed by atoms with Crippen molar-refractivity contribution in [2.75, 3.05) is 17.2 Å². The van der Waals surface area contributed by atoms with E-state index in [1.165, 1.54) is 48.7 Å². The van der Waals surface area contributed by atoms with Crippen molar-refractivity contribution >= 4 is 34.8 Å². The average molecular weight is 409 g/mol. The molecule has 2 amide bonds. The van der Waals surface area contributed by atoms with Gasteiger partial charge in [-0.25, -0.2) is 4.79 Å². The minimum absolute atomic E-state index is 0.0561. The minimum Gasteiger partial charge on any atom is -0.459 e. The number of amides is 2. The first-order chi connectivity index (χ1) is 14.4. The molecule has 152 valence electrons. The Morgan fingerprint density at radius 2 is 1.70 bits per heavy atom. The Hall–Kier alpha value is -4.47. The van der Waals surface area contributed by atoms with Crippen molar-refractivity contribution in [2.45, 2.75) is 0 Å². The van der Waals surface area contributed by atoms with Crippen molar-refractivity contribution in [3.8, 4) is 0 Å². The second-order valence-electron chi connectivity index (χ2n) is 5.91. The molecule has 3 aromatic rings. The SMILES string of the molecule is O=C(COC(=O)c1ccccc1NC(=O)c1ccco1)Nc1ccc([N+](=O)[O-])cc1. The summed E-state index contributed by atoms with van der Waals surface area (Å²) >= 11 is 0. The lowest BCUT2D eigenvalue weighted by atomic mass is 10.1. The Morgan fingerprint density at radius 3 is 2.37 bits per heavy atom. The number of hydrogen-bond donors (Lipinski definition) is 2. The first-order valence-electron chi connectivity index (χ1n) is 8.59. The van der Waals surface area contributed by atoms with Crippen molar-refractivity contribution in [2.24, 2.45) is 0 Å². The summed E-state index contributed by atoms with van der Waals surface area (Å²) in [7, 11) is 0. The summed E-state index contributed by atoms with van der Waals surface area (Å²) in [6, 6.07) is 14.4. The number of rotatable bonds is 7. The van der Waals surface area contributed by atoms with E-state index in [0.717, 1.165) is 0 Å². The predicted molar refractivity (Wildman–Crippen MR) is 105 cm³/mol. The van der Waals surface area contributed by atoms with Crippen LogP contribution in [0.2, 0.25) is 0 Å². The van der Waals surface area contributed by atoms with Gasteiger partial charge in [0, 0.05) is 17.8 Å². The topological polar surface area (TPSA) is 141 Å². The molecule has 0 aliphatic carbocycles. The molecule has 0 bridgehead atoms.